The van der Waals surface area contributed by atoms with Gasteiger partial charge in [0.2, 0.25) is 0 Å². The van der Waals surface area contributed by atoms with Gasteiger partial charge >= 0.3 is 0 Å². The number of benzene rings is 1. The van der Waals surface area contributed by atoms with E-state index in [0.717, 1.165) is 32.3 Å². The Morgan fingerprint density at radius 3 is 2.85 bits per heavy atom. The first-order valence-corrected chi connectivity index (χ1v) is 9.14. The first-order chi connectivity index (χ1) is 9.47. The van der Waals surface area contributed by atoms with Gasteiger partial charge in [0.05, 0.1) is 12.7 Å². The lowest BCUT2D eigenvalue weighted by molar-refractivity contribution is 0.0980. The normalized spacial score (nSPS) is 19.2. The van der Waals surface area contributed by atoms with Crippen molar-refractivity contribution < 1.29 is 17.9 Å². The van der Waals surface area contributed by atoms with Crippen molar-refractivity contribution in [1.82, 2.24) is 0 Å². The molecule has 7 heteroatoms. The summed E-state index contributed by atoms with van der Waals surface area (Å²) in [4.78, 5) is -0.0937. The highest BCUT2D eigenvalue weighted by Crippen LogP contribution is 2.30. The Hall–Kier alpha value is -0.490. The van der Waals surface area contributed by atoms with Gasteiger partial charge in [-0.1, -0.05) is 11.6 Å². The molecule has 4 nitrogen and oxygen atoms in total. The molecular weight excluding hydrogens is 323 g/mol. The van der Waals surface area contributed by atoms with E-state index in [2.05, 4.69) is 0 Å². The third kappa shape index (κ3) is 4.52. The largest absolute Gasteiger partial charge is 0.492 e. The van der Waals surface area contributed by atoms with Gasteiger partial charge in [-0.2, -0.15) is 0 Å². The van der Waals surface area contributed by atoms with Crippen LogP contribution < -0.4 is 4.74 Å². The second-order valence-electron chi connectivity index (χ2n) is 4.65. The van der Waals surface area contributed by atoms with Gasteiger partial charge in [0.1, 0.15) is 10.6 Å². The zero-order valence-corrected chi connectivity index (χ0v) is 13.2. The van der Waals surface area contributed by atoms with Crippen LogP contribution in [0.5, 0.6) is 5.75 Å². The standard InChI is InChI=1S/C13H16Cl2O4S/c14-10-5-6-12(13(9-10)20(15,16)17)19-8-2-4-11-3-1-7-18-11/h5-6,9,11H,1-4,7-8H2. The van der Waals surface area contributed by atoms with E-state index in [1.807, 2.05) is 0 Å². The summed E-state index contributed by atoms with van der Waals surface area (Å²) in [7, 11) is 1.49. The molecule has 1 saturated heterocycles. The van der Waals surface area contributed by atoms with Crippen LogP contribution in [0, 0.1) is 0 Å². The Morgan fingerprint density at radius 2 is 2.20 bits per heavy atom. The molecule has 0 saturated carbocycles. The summed E-state index contributed by atoms with van der Waals surface area (Å²) >= 11 is 5.78. The summed E-state index contributed by atoms with van der Waals surface area (Å²) in [6.07, 6.45) is 4.21. The second kappa shape index (κ2) is 6.98. The van der Waals surface area contributed by atoms with E-state index in [-0.39, 0.29) is 10.6 Å². The van der Waals surface area contributed by atoms with Crippen molar-refractivity contribution in [2.24, 2.45) is 0 Å². The minimum atomic E-state index is -3.87. The molecule has 2 rings (SSSR count). The van der Waals surface area contributed by atoms with Gasteiger partial charge in [0.15, 0.2) is 0 Å². The highest BCUT2D eigenvalue weighted by atomic mass is 35.7. The van der Waals surface area contributed by atoms with E-state index in [9.17, 15) is 8.42 Å². The SMILES string of the molecule is O=S(=O)(Cl)c1cc(Cl)ccc1OCCCC1CCCO1. The molecule has 1 aromatic rings. The summed E-state index contributed by atoms with van der Waals surface area (Å²) < 4.78 is 33.9. The van der Waals surface area contributed by atoms with Crippen LogP contribution in [0.25, 0.3) is 0 Å². The molecule has 0 radical (unpaired) electrons. The minimum Gasteiger partial charge on any atom is -0.492 e. The van der Waals surface area contributed by atoms with Crippen LogP contribution in [0.1, 0.15) is 25.7 Å². The Bertz CT molecular complexity index is 553. The average molecular weight is 339 g/mol. The molecule has 0 amide bonds. The van der Waals surface area contributed by atoms with Crippen molar-refractivity contribution in [3.8, 4) is 5.75 Å². The molecule has 1 atom stereocenters. The van der Waals surface area contributed by atoms with E-state index < -0.39 is 9.05 Å². The number of halogens is 2. The molecule has 0 bridgehead atoms. The van der Waals surface area contributed by atoms with Crippen LogP contribution >= 0.6 is 22.3 Å². The topological polar surface area (TPSA) is 52.6 Å². The van der Waals surface area contributed by atoms with Crippen LogP contribution in [0.15, 0.2) is 23.1 Å². The Balaban J connectivity index is 1.92. The molecule has 1 aliphatic rings. The van der Waals surface area contributed by atoms with Crippen molar-refractivity contribution in [1.29, 1.82) is 0 Å². The van der Waals surface area contributed by atoms with E-state index in [1.165, 1.54) is 12.1 Å². The van der Waals surface area contributed by atoms with Crippen molar-refractivity contribution in [2.75, 3.05) is 13.2 Å². The van der Waals surface area contributed by atoms with Gasteiger partial charge in [0, 0.05) is 22.3 Å². The lowest BCUT2D eigenvalue weighted by atomic mass is 10.1. The lowest BCUT2D eigenvalue weighted by Gasteiger charge is -2.12. The fraction of sp³-hybridized carbons (Fsp3) is 0.538. The van der Waals surface area contributed by atoms with Crippen molar-refractivity contribution in [2.45, 2.75) is 36.7 Å². The van der Waals surface area contributed by atoms with Gasteiger partial charge in [-0.25, -0.2) is 8.42 Å². The van der Waals surface area contributed by atoms with Crippen molar-refractivity contribution in [3.63, 3.8) is 0 Å². The first kappa shape index (κ1) is 15.9. The summed E-state index contributed by atoms with van der Waals surface area (Å²) in [6, 6.07) is 4.38. The number of hydrogen-bond donors (Lipinski definition) is 0. The minimum absolute atomic E-state index is 0.0937. The van der Waals surface area contributed by atoms with Gasteiger partial charge in [-0.15, -0.1) is 0 Å². The number of rotatable bonds is 6. The Morgan fingerprint density at radius 1 is 1.40 bits per heavy atom. The van der Waals surface area contributed by atoms with Crippen LogP contribution in [-0.2, 0) is 13.8 Å². The molecule has 0 spiro atoms. The predicted octanol–water partition coefficient (Wildman–Crippen LogP) is 3.61. The van der Waals surface area contributed by atoms with E-state index in [1.54, 1.807) is 6.07 Å². The van der Waals surface area contributed by atoms with Crippen molar-refractivity contribution >= 4 is 31.3 Å². The first-order valence-electron chi connectivity index (χ1n) is 6.45. The Labute approximate surface area is 128 Å². The van der Waals surface area contributed by atoms with Crippen LogP contribution in [0.2, 0.25) is 5.02 Å². The molecule has 0 aliphatic carbocycles. The number of hydrogen-bond acceptors (Lipinski definition) is 4. The van der Waals surface area contributed by atoms with Gasteiger partial charge in [-0.3, -0.25) is 0 Å². The van der Waals surface area contributed by atoms with E-state index >= 15 is 0 Å². The summed E-state index contributed by atoms with van der Waals surface area (Å²) in [5.74, 6) is 0.233. The quantitative estimate of drug-likeness (QED) is 0.587. The lowest BCUT2D eigenvalue weighted by Crippen LogP contribution is -2.08. The molecule has 1 heterocycles. The van der Waals surface area contributed by atoms with E-state index in [0.29, 0.717) is 17.7 Å². The number of ether oxygens (including phenoxy) is 2. The zero-order valence-electron chi connectivity index (χ0n) is 10.8. The maximum Gasteiger partial charge on any atom is 0.265 e. The third-order valence-electron chi connectivity index (χ3n) is 3.12. The molecule has 20 heavy (non-hydrogen) atoms. The summed E-state index contributed by atoms with van der Waals surface area (Å²) in [5.41, 5.74) is 0. The molecule has 1 fully saturated rings. The zero-order chi connectivity index (χ0) is 14.6. The molecule has 1 unspecified atom stereocenters. The predicted molar refractivity (Wildman–Crippen MR) is 78.2 cm³/mol. The molecule has 0 N–H and O–H groups in total. The summed E-state index contributed by atoms with van der Waals surface area (Å²) in [5, 5.41) is 0.302. The van der Waals surface area contributed by atoms with Gasteiger partial charge in [-0.05, 0) is 43.9 Å². The smallest absolute Gasteiger partial charge is 0.265 e. The van der Waals surface area contributed by atoms with Crippen LogP contribution in [0.3, 0.4) is 0 Å². The fourth-order valence-corrected chi connectivity index (χ4v) is 3.39. The average Bonchev–Trinajstić information content (AvgIpc) is 2.88. The van der Waals surface area contributed by atoms with Crippen LogP contribution in [-0.4, -0.2) is 27.7 Å². The van der Waals surface area contributed by atoms with Crippen LogP contribution in [0.4, 0.5) is 0 Å². The maximum absolute atomic E-state index is 11.5. The van der Waals surface area contributed by atoms with Gasteiger partial charge < -0.3 is 9.47 Å². The monoisotopic (exact) mass is 338 g/mol. The molecule has 112 valence electrons. The molecule has 1 aliphatic heterocycles. The maximum atomic E-state index is 11.5. The fourth-order valence-electron chi connectivity index (χ4n) is 2.16. The van der Waals surface area contributed by atoms with Gasteiger partial charge in [0.25, 0.3) is 9.05 Å². The summed E-state index contributed by atoms with van der Waals surface area (Å²) in [6.45, 7) is 1.25. The third-order valence-corrected chi connectivity index (χ3v) is 4.70. The van der Waals surface area contributed by atoms with E-state index in [4.69, 9.17) is 31.8 Å². The Kier molecular flexibility index (Phi) is 5.55. The molecular formula is C13H16Cl2O4S. The molecule has 1 aromatic carbocycles. The highest BCUT2D eigenvalue weighted by Gasteiger charge is 2.18. The second-order valence-corrected chi connectivity index (χ2v) is 7.63. The van der Waals surface area contributed by atoms with Crippen molar-refractivity contribution in [3.05, 3.63) is 23.2 Å². The molecule has 0 aromatic heterocycles. The highest BCUT2D eigenvalue weighted by molar-refractivity contribution is 8.13.